The van der Waals surface area contributed by atoms with Gasteiger partial charge in [-0.3, -0.25) is 0 Å². The third kappa shape index (κ3) is 3.08. The predicted octanol–water partition coefficient (Wildman–Crippen LogP) is 4.66. The normalized spacial score (nSPS) is 12.6. The molecule has 0 radical (unpaired) electrons. The summed E-state index contributed by atoms with van der Waals surface area (Å²) in [7, 11) is 0. The van der Waals surface area contributed by atoms with Crippen molar-refractivity contribution in [1.82, 2.24) is 0 Å². The van der Waals surface area contributed by atoms with Crippen molar-refractivity contribution in [2.75, 3.05) is 0 Å². The van der Waals surface area contributed by atoms with Crippen LogP contribution in [0.25, 0.3) is 0 Å². The van der Waals surface area contributed by atoms with Gasteiger partial charge < -0.3 is 0 Å². The number of thiophene rings is 1. The molecule has 0 spiro atoms. The Bertz CT molecular complexity index is 380. The van der Waals surface area contributed by atoms with Crippen LogP contribution in [0.15, 0.2) is 47.2 Å². The van der Waals surface area contributed by atoms with Gasteiger partial charge in [-0.25, -0.2) is 0 Å². The van der Waals surface area contributed by atoms with Crippen LogP contribution in [-0.4, -0.2) is 0 Å². The monoisotopic (exact) mass is 236 g/mol. The van der Waals surface area contributed by atoms with E-state index < -0.39 is 0 Å². The average Bonchev–Trinajstić information content (AvgIpc) is 2.80. The zero-order valence-electron chi connectivity index (χ0n) is 8.40. The molecule has 0 amide bonds. The smallest absolute Gasteiger partial charge is 0.0588 e. The van der Waals surface area contributed by atoms with E-state index in [0.717, 1.165) is 12.8 Å². The van der Waals surface area contributed by atoms with Gasteiger partial charge in [0.05, 0.1) is 5.38 Å². The minimum atomic E-state index is 0.131. The summed E-state index contributed by atoms with van der Waals surface area (Å²) in [5, 5.41) is 4.43. The summed E-state index contributed by atoms with van der Waals surface area (Å²) >= 11 is 8.07. The van der Waals surface area contributed by atoms with Gasteiger partial charge in [-0.1, -0.05) is 30.3 Å². The highest BCUT2D eigenvalue weighted by Crippen LogP contribution is 2.25. The number of alkyl halides is 1. The van der Waals surface area contributed by atoms with E-state index in [1.165, 1.54) is 11.1 Å². The quantitative estimate of drug-likeness (QED) is 0.678. The van der Waals surface area contributed by atoms with Crippen molar-refractivity contribution in [2.24, 2.45) is 0 Å². The van der Waals surface area contributed by atoms with Gasteiger partial charge in [-0.05, 0) is 40.8 Å². The third-order valence-corrected chi connectivity index (χ3v) is 3.63. The topological polar surface area (TPSA) is 0 Å². The molecule has 78 valence electrons. The van der Waals surface area contributed by atoms with E-state index in [4.69, 9.17) is 11.6 Å². The molecular weight excluding hydrogens is 224 g/mol. The summed E-state index contributed by atoms with van der Waals surface area (Å²) in [6.45, 7) is 0. The highest BCUT2D eigenvalue weighted by molar-refractivity contribution is 7.07. The van der Waals surface area contributed by atoms with Gasteiger partial charge in [-0.15, -0.1) is 11.6 Å². The lowest BCUT2D eigenvalue weighted by Gasteiger charge is -2.08. The van der Waals surface area contributed by atoms with Crippen molar-refractivity contribution in [2.45, 2.75) is 18.2 Å². The first-order valence-electron chi connectivity index (χ1n) is 5.06. The van der Waals surface area contributed by atoms with Crippen LogP contribution in [0, 0.1) is 0 Å². The maximum atomic E-state index is 6.33. The van der Waals surface area contributed by atoms with E-state index in [-0.39, 0.29) is 5.38 Å². The second kappa shape index (κ2) is 5.34. The Kier molecular flexibility index (Phi) is 3.81. The van der Waals surface area contributed by atoms with Gasteiger partial charge in [0.1, 0.15) is 0 Å². The van der Waals surface area contributed by atoms with E-state index in [9.17, 15) is 0 Å². The van der Waals surface area contributed by atoms with Crippen LogP contribution in [0.5, 0.6) is 0 Å². The third-order valence-electron chi connectivity index (χ3n) is 2.43. The molecular formula is C13H13ClS. The highest BCUT2D eigenvalue weighted by Gasteiger charge is 2.07. The first kappa shape index (κ1) is 10.7. The van der Waals surface area contributed by atoms with Crippen LogP contribution >= 0.6 is 22.9 Å². The maximum absolute atomic E-state index is 6.33. The van der Waals surface area contributed by atoms with Crippen LogP contribution in [0.1, 0.15) is 22.9 Å². The van der Waals surface area contributed by atoms with E-state index in [1.54, 1.807) is 11.3 Å². The average molecular weight is 237 g/mol. The minimum absolute atomic E-state index is 0.131. The second-order valence-electron chi connectivity index (χ2n) is 3.55. The summed E-state index contributed by atoms with van der Waals surface area (Å²) < 4.78 is 0. The fraction of sp³-hybridized carbons (Fsp3) is 0.231. The first-order valence-corrected chi connectivity index (χ1v) is 6.44. The molecule has 0 bridgehead atoms. The lowest BCUT2D eigenvalue weighted by Crippen LogP contribution is -1.92. The zero-order valence-corrected chi connectivity index (χ0v) is 9.97. The molecule has 0 saturated carbocycles. The van der Waals surface area contributed by atoms with Gasteiger partial charge in [-0.2, -0.15) is 11.3 Å². The van der Waals surface area contributed by atoms with Gasteiger partial charge in [0.15, 0.2) is 0 Å². The number of aryl methyl sites for hydroxylation is 1. The summed E-state index contributed by atoms with van der Waals surface area (Å²) in [5.74, 6) is 0. The molecule has 1 atom stereocenters. The van der Waals surface area contributed by atoms with Gasteiger partial charge in [0, 0.05) is 0 Å². The standard InChI is InChI=1S/C13H13ClS/c14-13(12-4-2-1-3-5-12)7-6-11-8-9-15-10-11/h1-5,8-10,13H,6-7H2. The molecule has 2 rings (SSSR count). The molecule has 0 aliphatic heterocycles. The molecule has 2 aromatic rings. The van der Waals surface area contributed by atoms with Crippen molar-refractivity contribution in [3.05, 3.63) is 58.3 Å². The van der Waals surface area contributed by atoms with Crippen LogP contribution in [0.4, 0.5) is 0 Å². The van der Waals surface area contributed by atoms with Gasteiger partial charge in [0.2, 0.25) is 0 Å². The first-order chi connectivity index (χ1) is 7.36. The SMILES string of the molecule is ClC(CCc1ccsc1)c1ccccc1. The molecule has 1 aromatic carbocycles. The van der Waals surface area contributed by atoms with Gasteiger partial charge in [0.25, 0.3) is 0 Å². The molecule has 15 heavy (non-hydrogen) atoms. The molecule has 0 aliphatic carbocycles. The van der Waals surface area contributed by atoms with E-state index in [1.807, 2.05) is 18.2 Å². The minimum Gasteiger partial charge on any atom is -0.152 e. The van der Waals surface area contributed by atoms with Crippen LogP contribution in [-0.2, 0) is 6.42 Å². The van der Waals surface area contributed by atoms with E-state index in [0.29, 0.717) is 0 Å². The molecule has 2 heteroatoms. The number of halogens is 1. The van der Waals surface area contributed by atoms with Crippen molar-refractivity contribution in [3.63, 3.8) is 0 Å². The fourth-order valence-corrected chi connectivity index (χ4v) is 2.51. The number of hydrogen-bond acceptors (Lipinski definition) is 1. The Balaban J connectivity index is 1.90. The number of hydrogen-bond donors (Lipinski definition) is 0. The van der Waals surface area contributed by atoms with Crippen molar-refractivity contribution < 1.29 is 0 Å². The van der Waals surface area contributed by atoms with E-state index >= 15 is 0 Å². The summed E-state index contributed by atoms with van der Waals surface area (Å²) in [4.78, 5) is 0. The fourth-order valence-electron chi connectivity index (χ4n) is 1.56. The van der Waals surface area contributed by atoms with Gasteiger partial charge >= 0.3 is 0 Å². The largest absolute Gasteiger partial charge is 0.152 e. The molecule has 0 N–H and O–H groups in total. The van der Waals surface area contributed by atoms with Crippen LogP contribution in [0.3, 0.4) is 0 Å². The Morgan fingerprint density at radius 2 is 1.93 bits per heavy atom. The number of benzene rings is 1. The zero-order chi connectivity index (χ0) is 10.5. The maximum Gasteiger partial charge on any atom is 0.0588 e. The molecule has 0 aliphatic rings. The van der Waals surface area contributed by atoms with Crippen molar-refractivity contribution >= 4 is 22.9 Å². The molecule has 0 nitrogen and oxygen atoms in total. The Morgan fingerprint density at radius 1 is 1.13 bits per heavy atom. The number of rotatable bonds is 4. The van der Waals surface area contributed by atoms with Crippen LogP contribution < -0.4 is 0 Å². The Hall–Kier alpha value is -0.790. The Labute approximate surface area is 99.5 Å². The molecule has 0 fully saturated rings. The van der Waals surface area contributed by atoms with E-state index in [2.05, 4.69) is 29.0 Å². The van der Waals surface area contributed by atoms with Crippen molar-refractivity contribution in [3.8, 4) is 0 Å². The predicted molar refractivity (Wildman–Crippen MR) is 67.7 cm³/mol. The molecule has 0 saturated heterocycles. The highest BCUT2D eigenvalue weighted by atomic mass is 35.5. The molecule has 1 unspecified atom stereocenters. The Morgan fingerprint density at radius 3 is 2.60 bits per heavy atom. The second-order valence-corrected chi connectivity index (χ2v) is 4.86. The van der Waals surface area contributed by atoms with Crippen molar-refractivity contribution in [1.29, 1.82) is 0 Å². The summed E-state index contributed by atoms with van der Waals surface area (Å²) in [6, 6.07) is 12.4. The lowest BCUT2D eigenvalue weighted by atomic mass is 10.1. The molecule has 1 heterocycles. The summed E-state index contributed by atoms with van der Waals surface area (Å²) in [5.41, 5.74) is 2.61. The molecule has 1 aromatic heterocycles. The summed E-state index contributed by atoms with van der Waals surface area (Å²) in [6.07, 6.45) is 2.06. The van der Waals surface area contributed by atoms with Crippen LogP contribution in [0.2, 0.25) is 0 Å². The lowest BCUT2D eigenvalue weighted by molar-refractivity contribution is 0.796.